The van der Waals surface area contributed by atoms with E-state index in [9.17, 15) is 18.0 Å². The van der Waals surface area contributed by atoms with Crippen LogP contribution in [0.4, 0.5) is 0 Å². The number of nitrogens with zero attached hydrogens (tertiary/aromatic N) is 1. The molecule has 0 aliphatic carbocycles. The molecule has 0 unspecified atom stereocenters. The van der Waals surface area contributed by atoms with Crippen molar-refractivity contribution in [1.82, 2.24) is 14.6 Å². The molecule has 1 saturated heterocycles. The molecule has 4 aromatic rings. The number of aromatic nitrogens is 1. The zero-order valence-electron chi connectivity index (χ0n) is 20.3. The molecule has 1 atom stereocenters. The molecule has 3 aromatic carbocycles. The Morgan fingerprint density at radius 2 is 1.59 bits per heavy atom. The van der Waals surface area contributed by atoms with E-state index in [0.29, 0.717) is 35.5 Å². The maximum atomic E-state index is 13.7. The number of hydrogen-bond acceptors (Lipinski definition) is 4. The van der Waals surface area contributed by atoms with Crippen LogP contribution >= 0.6 is 0 Å². The molecule has 0 saturated carbocycles. The number of aromatic amines is 1. The van der Waals surface area contributed by atoms with Gasteiger partial charge in [-0.15, -0.1) is 0 Å². The van der Waals surface area contributed by atoms with E-state index >= 15 is 0 Å². The number of benzene rings is 3. The lowest BCUT2D eigenvalue weighted by molar-refractivity contribution is -0.134. The topological polar surface area (TPSA) is 99.3 Å². The van der Waals surface area contributed by atoms with E-state index in [1.165, 1.54) is 23.8 Å². The first kappa shape index (κ1) is 24.9. The summed E-state index contributed by atoms with van der Waals surface area (Å²) in [6.07, 6.45) is 2.72. The number of carbonyl (C=O) groups excluding carboxylic acids is 1. The third-order valence-electron chi connectivity index (χ3n) is 6.95. The van der Waals surface area contributed by atoms with Crippen molar-refractivity contribution in [3.05, 3.63) is 112 Å². The van der Waals surface area contributed by atoms with Gasteiger partial charge in [0.15, 0.2) is 0 Å². The number of pyridine rings is 1. The summed E-state index contributed by atoms with van der Waals surface area (Å²) in [6.45, 7) is 1.18. The van der Waals surface area contributed by atoms with Gasteiger partial charge in [-0.2, -0.15) is 4.72 Å². The highest BCUT2D eigenvalue weighted by Gasteiger charge is 2.32. The van der Waals surface area contributed by atoms with Crippen LogP contribution in [0.1, 0.15) is 30.0 Å². The molecule has 0 radical (unpaired) electrons. The SMILES string of the molecule is O=C([C@@H](NS(=O)(=O)c1ccc2[nH]c(=O)ccc2c1)c1ccccc1)N1CCC(Cc2ccccc2)CC1. The summed E-state index contributed by atoms with van der Waals surface area (Å²) in [5, 5.41) is 0.588. The number of hydrogen-bond donors (Lipinski definition) is 2. The Bertz CT molecular complexity index is 1540. The Balaban J connectivity index is 1.35. The number of H-pyrrole nitrogens is 1. The Morgan fingerprint density at radius 3 is 2.30 bits per heavy atom. The zero-order valence-corrected chi connectivity index (χ0v) is 21.2. The second-order valence-corrected chi connectivity index (χ2v) is 11.2. The van der Waals surface area contributed by atoms with Crippen molar-refractivity contribution in [2.45, 2.75) is 30.2 Å². The molecular formula is C29H29N3O4S. The molecule has 0 bridgehead atoms. The Hall–Kier alpha value is -3.75. The van der Waals surface area contributed by atoms with Crippen molar-refractivity contribution in [3.8, 4) is 0 Å². The Labute approximate surface area is 216 Å². The molecule has 7 nitrogen and oxygen atoms in total. The minimum absolute atomic E-state index is 0.0300. The van der Waals surface area contributed by atoms with Gasteiger partial charge in [-0.25, -0.2) is 8.42 Å². The van der Waals surface area contributed by atoms with Crippen molar-refractivity contribution in [2.75, 3.05) is 13.1 Å². The van der Waals surface area contributed by atoms with E-state index in [0.717, 1.165) is 19.3 Å². The van der Waals surface area contributed by atoms with Gasteiger partial charge < -0.3 is 9.88 Å². The minimum atomic E-state index is -4.03. The first-order valence-electron chi connectivity index (χ1n) is 12.4. The van der Waals surface area contributed by atoms with Crippen LogP contribution in [-0.2, 0) is 21.2 Å². The molecule has 1 aliphatic heterocycles. The monoisotopic (exact) mass is 515 g/mol. The number of fused-ring (bicyclic) bond motifs is 1. The molecule has 190 valence electrons. The minimum Gasteiger partial charge on any atom is -0.341 e. The molecule has 1 aliphatic rings. The molecule has 2 heterocycles. The molecule has 0 spiro atoms. The van der Waals surface area contributed by atoms with Gasteiger partial charge in [-0.3, -0.25) is 9.59 Å². The first-order chi connectivity index (χ1) is 17.9. The maximum Gasteiger partial charge on any atom is 0.248 e. The van der Waals surface area contributed by atoms with Gasteiger partial charge >= 0.3 is 0 Å². The standard InChI is InChI=1S/C29H29N3O4S/c33-27-14-11-24-20-25(12-13-26(24)30-27)37(35,36)31-28(23-9-5-2-6-10-23)29(34)32-17-15-22(16-18-32)19-21-7-3-1-4-8-21/h1-14,20,22,28,31H,15-19H2,(H,30,33)/t28-/m0/s1. The molecular weight excluding hydrogens is 486 g/mol. The highest BCUT2D eigenvalue weighted by Crippen LogP contribution is 2.26. The summed E-state index contributed by atoms with van der Waals surface area (Å²) < 4.78 is 29.5. The van der Waals surface area contributed by atoms with Crippen LogP contribution in [0.5, 0.6) is 0 Å². The second kappa shape index (κ2) is 10.7. The first-order valence-corrected chi connectivity index (χ1v) is 13.9. The van der Waals surface area contributed by atoms with Crippen molar-refractivity contribution in [2.24, 2.45) is 5.92 Å². The van der Waals surface area contributed by atoms with Crippen LogP contribution in [-0.4, -0.2) is 37.3 Å². The van der Waals surface area contributed by atoms with E-state index in [-0.39, 0.29) is 16.4 Å². The maximum absolute atomic E-state index is 13.7. The molecule has 37 heavy (non-hydrogen) atoms. The van der Waals surface area contributed by atoms with Crippen LogP contribution in [0.25, 0.3) is 10.9 Å². The summed E-state index contributed by atoms with van der Waals surface area (Å²) in [4.78, 5) is 29.7. The molecule has 1 amide bonds. The van der Waals surface area contributed by atoms with Crippen molar-refractivity contribution in [1.29, 1.82) is 0 Å². The number of carbonyl (C=O) groups is 1. The number of rotatable bonds is 7. The number of amides is 1. The average Bonchev–Trinajstić information content (AvgIpc) is 2.92. The van der Waals surface area contributed by atoms with E-state index in [4.69, 9.17) is 0 Å². The highest BCUT2D eigenvalue weighted by molar-refractivity contribution is 7.89. The van der Waals surface area contributed by atoms with Crippen molar-refractivity contribution < 1.29 is 13.2 Å². The second-order valence-electron chi connectivity index (χ2n) is 9.50. The predicted octanol–water partition coefficient (Wildman–Crippen LogP) is 4.03. The summed E-state index contributed by atoms with van der Waals surface area (Å²) in [7, 11) is -4.03. The van der Waals surface area contributed by atoms with Gasteiger partial charge in [0.05, 0.1) is 4.90 Å². The van der Waals surface area contributed by atoms with Crippen LogP contribution in [0.3, 0.4) is 0 Å². The normalized spacial score (nSPS) is 15.5. The molecule has 1 fully saturated rings. The van der Waals surface area contributed by atoms with Gasteiger partial charge in [-0.05, 0) is 66.0 Å². The van der Waals surface area contributed by atoms with Crippen LogP contribution < -0.4 is 10.3 Å². The number of nitrogens with one attached hydrogen (secondary N) is 2. The lowest BCUT2D eigenvalue weighted by atomic mass is 9.90. The number of piperidine rings is 1. The van der Waals surface area contributed by atoms with Gasteiger partial charge in [-0.1, -0.05) is 60.7 Å². The Morgan fingerprint density at radius 1 is 0.919 bits per heavy atom. The summed E-state index contributed by atoms with van der Waals surface area (Å²) in [5.41, 5.74) is 2.17. The van der Waals surface area contributed by atoms with E-state index in [2.05, 4.69) is 21.8 Å². The lowest BCUT2D eigenvalue weighted by Gasteiger charge is -2.34. The van der Waals surface area contributed by atoms with Crippen LogP contribution in [0, 0.1) is 5.92 Å². The van der Waals surface area contributed by atoms with Gasteiger partial charge in [0.25, 0.3) is 0 Å². The number of sulfonamides is 1. The van der Waals surface area contributed by atoms with Crippen LogP contribution in [0.15, 0.2) is 101 Å². The highest BCUT2D eigenvalue weighted by atomic mass is 32.2. The third-order valence-corrected chi connectivity index (χ3v) is 8.37. The van der Waals surface area contributed by atoms with Gasteiger partial charge in [0.1, 0.15) is 6.04 Å². The summed E-state index contributed by atoms with van der Waals surface area (Å²) >= 11 is 0. The van der Waals surface area contributed by atoms with Gasteiger partial charge in [0, 0.05) is 24.7 Å². The third kappa shape index (κ3) is 5.81. The summed E-state index contributed by atoms with van der Waals surface area (Å²) in [5.74, 6) is 0.236. The fraction of sp³-hybridized carbons (Fsp3) is 0.241. The number of likely N-dealkylation sites (tertiary alicyclic amines) is 1. The van der Waals surface area contributed by atoms with Crippen LogP contribution in [0.2, 0.25) is 0 Å². The summed E-state index contributed by atoms with van der Waals surface area (Å²) in [6, 6.07) is 25.7. The predicted molar refractivity (Wildman–Crippen MR) is 144 cm³/mol. The van der Waals surface area contributed by atoms with E-state index in [1.807, 2.05) is 24.3 Å². The average molecular weight is 516 g/mol. The van der Waals surface area contributed by atoms with Crippen molar-refractivity contribution in [3.63, 3.8) is 0 Å². The smallest absolute Gasteiger partial charge is 0.248 e. The zero-order chi connectivity index (χ0) is 25.8. The fourth-order valence-corrected chi connectivity index (χ4v) is 6.13. The fourth-order valence-electron chi connectivity index (χ4n) is 4.92. The van der Waals surface area contributed by atoms with E-state index in [1.54, 1.807) is 41.3 Å². The lowest BCUT2D eigenvalue weighted by Crippen LogP contribution is -2.46. The quantitative estimate of drug-likeness (QED) is 0.388. The molecule has 1 aromatic heterocycles. The molecule has 2 N–H and O–H groups in total. The molecule has 5 rings (SSSR count). The van der Waals surface area contributed by atoms with Crippen molar-refractivity contribution >= 4 is 26.8 Å². The van der Waals surface area contributed by atoms with Gasteiger partial charge in [0.2, 0.25) is 21.5 Å². The Kier molecular flexibility index (Phi) is 7.21. The largest absolute Gasteiger partial charge is 0.341 e. The van der Waals surface area contributed by atoms with E-state index < -0.39 is 16.1 Å². The molecule has 8 heteroatoms.